The summed E-state index contributed by atoms with van der Waals surface area (Å²) in [6, 6.07) is 7.73. The number of carbonyl (C=O) groups excluding carboxylic acids is 1. The van der Waals surface area contributed by atoms with Gasteiger partial charge in [0.15, 0.2) is 0 Å². The van der Waals surface area contributed by atoms with Crippen LogP contribution in [0.25, 0.3) is 0 Å². The van der Waals surface area contributed by atoms with Gasteiger partial charge in [-0.25, -0.2) is 0 Å². The molecule has 0 aromatic heterocycles. The van der Waals surface area contributed by atoms with Crippen LogP contribution in [0.4, 0.5) is 0 Å². The highest BCUT2D eigenvalue weighted by Gasteiger charge is 1.92. The molecule has 0 aliphatic heterocycles. The third kappa shape index (κ3) is 2.78. The van der Waals surface area contributed by atoms with Crippen molar-refractivity contribution in [2.75, 3.05) is 5.33 Å². The van der Waals surface area contributed by atoms with E-state index >= 15 is 0 Å². The molecule has 0 saturated heterocycles. The normalized spacial score (nSPS) is 9.75. The molecule has 0 N–H and O–H groups in total. The molecule has 0 spiro atoms. The Balaban J connectivity index is 2.58. The largest absolute Gasteiger partial charge is 0.298 e. The quantitative estimate of drug-likeness (QED) is 0.571. The summed E-state index contributed by atoms with van der Waals surface area (Å²) >= 11 is 3.38. The Hall–Kier alpha value is -0.630. The summed E-state index contributed by atoms with van der Waals surface area (Å²) in [5.41, 5.74) is 2.04. The van der Waals surface area contributed by atoms with E-state index in [0.29, 0.717) is 0 Å². The second-order valence-electron chi connectivity index (χ2n) is 2.65. The van der Waals surface area contributed by atoms with E-state index in [2.05, 4.69) is 15.9 Å². The van der Waals surface area contributed by atoms with Crippen LogP contribution in [0.2, 0.25) is 0 Å². The average molecular weight is 227 g/mol. The van der Waals surface area contributed by atoms with Crippen LogP contribution in [0.15, 0.2) is 24.3 Å². The van der Waals surface area contributed by atoms with Gasteiger partial charge in [-0.15, -0.1) is 0 Å². The number of carbonyl (C=O) groups is 1. The number of benzene rings is 1. The molecule has 0 atom stereocenters. The Bertz CT molecular complexity index is 241. The molecule has 1 rings (SSSR count). The standard InChI is InChI=1S/C10H11BrO/c11-7-1-2-9-3-5-10(8-12)6-4-9/h3-6,8H,1-2,7H2. The molecule has 0 aliphatic carbocycles. The lowest BCUT2D eigenvalue weighted by Gasteiger charge is -1.98. The van der Waals surface area contributed by atoms with E-state index in [-0.39, 0.29) is 0 Å². The van der Waals surface area contributed by atoms with Crippen molar-refractivity contribution in [1.82, 2.24) is 0 Å². The summed E-state index contributed by atoms with van der Waals surface area (Å²) in [5, 5.41) is 1.03. The predicted molar refractivity (Wildman–Crippen MR) is 53.9 cm³/mol. The summed E-state index contributed by atoms with van der Waals surface area (Å²) in [4.78, 5) is 10.3. The van der Waals surface area contributed by atoms with Crippen LogP contribution in [0, 0.1) is 0 Å². The maximum absolute atomic E-state index is 10.3. The minimum atomic E-state index is 0.748. The van der Waals surface area contributed by atoms with E-state index in [4.69, 9.17) is 0 Å². The molecule has 0 radical (unpaired) electrons. The molecule has 0 bridgehead atoms. The molecule has 0 unspecified atom stereocenters. The van der Waals surface area contributed by atoms with E-state index < -0.39 is 0 Å². The van der Waals surface area contributed by atoms with Crippen molar-refractivity contribution in [3.05, 3.63) is 35.4 Å². The minimum absolute atomic E-state index is 0.748. The summed E-state index contributed by atoms with van der Waals surface area (Å²) in [5.74, 6) is 0. The summed E-state index contributed by atoms with van der Waals surface area (Å²) in [6.07, 6.45) is 3.08. The Morgan fingerprint density at radius 1 is 1.25 bits per heavy atom. The first-order chi connectivity index (χ1) is 5.86. The van der Waals surface area contributed by atoms with Crippen molar-refractivity contribution in [2.45, 2.75) is 12.8 Å². The summed E-state index contributed by atoms with van der Waals surface area (Å²) < 4.78 is 0. The number of hydrogen-bond acceptors (Lipinski definition) is 1. The fraction of sp³-hybridized carbons (Fsp3) is 0.300. The van der Waals surface area contributed by atoms with Crippen molar-refractivity contribution in [3.63, 3.8) is 0 Å². The fourth-order valence-electron chi connectivity index (χ4n) is 1.03. The molecule has 0 heterocycles. The zero-order chi connectivity index (χ0) is 8.81. The minimum Gasteiger partial charge on any atom is -0.298 e. The Kier molecular flexibility index (Phi) is 4.01. The van der Waals surface area contributed by atoms with Gasteiger partial charge in [-0.3, -0.25) is 4.79 Å². The summed E-state index contributed by atoms with van der Waals surface area (Å²) in [7, 11) is 0. The van der Waals surface area contributed by atoms with Crippen LogP contribution in [0.5, 0.6) is 0 Å². The van der Waals surface area contributed by atoms with E-state index in [0.717, 1.165) is 30.0 Å². The molecule has 1 aromatic rings. The number of aryl methyl sites for hydroxylation is 1. The first-order valence-electron chi connectivity index (χ1n) is 3.97. The van der Waals surface area contributed by atoms with Crippen LogP contribution in [0.1, 0.15) is 22.3 Å². The molecule has 0 amide bonds. The number of rotatable bonds is 4. The number of hydrogen-bond donors (Lipinski definition) is 0. The molecule has 0 saturated carbocycles. The third-order valence-corrected chi connectivity index (χ3v) is 2.28. The molecule has 64 valence electrons. The lowest BCUT2D eigenvalue weighted by atomic mass is 10.1. The van der Waals surface area contributed by atoms with Crippen LogP contribution in [-0.4, -0.2) is 11.6 Å². The Morgan fingerprint density at radius 2 is 1.92 bits per heavy atom. The zero-order valence-corrected chi connectivity index (χ0v) is 8.38. The maximum atomic E-state index is 10.3. The zero-order valence-electron chi connectivity index (χ0n) is 6.79. The van der Waals surface area contributed by atoms with Gasteiger partial charge in [0, 0.05) is 10.9 Å². The van der Waals surface area contributed by atoms with Gasteiger partial charge in [0.2, 0.25) is 0 Å². The van der Waals surface area contributed by atoms with Gasteiger partial charge in [-0.1, -0.05) is 40.2 Å². The van der Waals surface area contributed by atoms with Crippen LogP contribution < -0.4 is 0 Å². The number of aldehydes is 1. The smallest absolute Gasteiger partial charge is 0.150 e. The van der Waals surface area contributed by atoms with Gasteiger partial charge in [-0.2, -0.15) is 0 Å². The summed E-state index contributed by atoms with van der Waals surface area (Å²) in [6.45, 7) is 0. The van der Waals surface area contributed by atoms with E-state index in [9.17, 15) is 4.79 Å². The number of halogens is 1. The van der Waals surface area contributed by atoms with Gasteiger partial charge in [-0.05, 0) is 18.4 Å². The van der Waals surface area contributed by atoms with E-state index in [1.54, 1.807) is 0 Å². The van der Waals surface area contributed by atoms with Crippen LogP contribution >= 0.6 is 15.9 Å². The average Bonchev–Trinajstić information content (AvgIpc) is 2.15. The molecule has 0 aliphatic rings. The second kappa shape index (κ2) is 5.09. The van der Waals surface area contributed by atoms with Crippen LogP contribution in [-0.2, 0) is 6.42 Å². The highest BCUT2D eigenvalue weighted by Crippen LogP contribution is 2.05. The molecule has 2 heteroatoms. The Morgan fingerprint density at radius 3 is 2.42 bits per heavy atom. The lowest BCUT2D eigenvalue weighted by Crippen LogP contribution is -1.86. The highest BCUT2D eigenvalue weighted by molar-refractivity contribution is 9.09. The SMILES string of the molecule is O=Cc1ccc(CCCBr)cc1. The first kappa shape index (κ1) is 9.46. The molecular formula is C10H11BrO. The molecule has 12 heavy (non-hydrogen) atoms. The number of alkyl halides is 1. The first-order valence-corrected chi connectivity index (χ1v) is 5.09. The van der Waals surface area contributed by atoms with Crippen molar-refractivity contribution in [2.24, 2.45) is 0 Å². The van der Waals surface area contributed by atoms with Crippen molar-refractivity contribution in [3.8, 4) is 0 Å². The molecule has 0 fully saturated rings. The predicted octanol–water partition coefficient (Wildman–Crippen LogP) is 2.83. The fourth-order valence-corrected chi connectivity index (χ4v) is 1.31. The molecule has 1 aromatic carbocycles. The van der Waals surface area contributed by atoms with Crippen LogP contribution in [0.3, 0.4) is 0 Å². The van der Waals surface area contributed by atoms with Gasteiger partial charge in [0.1, 0.15) is 6.29 Å². The second-order valence-corrected chi connectivity index (χ2v) is 3.44. The van der Waals surface area contributed by atoms with Crippen molar-refractivity contribution in [1.29, 1.82) is 0 Å². The van der Waals surface area contributed by atoms with Gasteiger partial charge >= 0.3 is 0 Å². The molecular weight excluding hydrogens is 216 g/mol. The highest BCUT2D eigenvalue weighted by atomic mass is 79.9. The van der Waals surface area contributed by atoms with E-state index in [1.807, 2.05) is 24.3 Å². The van der Waals surface area contributed by atoms with Crippen molar-refractivity contribution >= 4 is 22.2 Å². The van der Waals surface area contributed by atoms with Gasteiger partial charge in [0.25, 0.3) is 0 Å². The monoisotopic (exact) mass is 226 g/mol. The third-order valence-electron chi connectivity index (χ3n) is 1.71. The van der Waals surface area contributed by atoms with Gasteiger partial charge in [0.05, 0.1) is 0 Å². The van der Waals surface area contributed by atoms with E-state index in [1.165, 1.54) is 5.56 Å². The maximum Gasteiger partial charge on any atom is 0.150 e. The Labute approximate surface area is 80.9 Å². The molecule has 1 nitrogen and oxygen atoms in total. The van der Waals surface area contributed by atoms with Crippen molar-refractivity contribution < 1.29 is 4.79 Å². The lowest BCUT2D eigenvalue weighted by molar-refractivity contribution is 0.112. The van der Waals surface area contributed by atoms with Gasteiger partial charge < -0.3 is 0 Å². The topological polar surface area (TPSA) is 17.1 Å².